The molecule has 0 nitrogen and oxygen atoms in total. The van der Waals surface area contributed by atoms with Crippen molar-refractivity contribution in [3.63, 3.8) is 0 Å². The number of terminal acetylenes is 1. The van der Waals surface area contributed by atoms with E-state index in [-0.39, 0.29) is 0 Å². The van der Waals surface area contributed by atoms with Gasteiger partial charge in [-0.05, 0) is 101 Å². The SMILES string of the molecule is C#CC#CC#CC#Cc1cc(CCl)c(C)cc1CCl.Cc1cc(CCl)c(C)cc1CCl. The third kappa shape index (κ3) is 8.85. The van der Waals surface area contributed by atoms with Crippen LogP contribution in [-0.4, -0.2) is 0 Å². The lowest BCUT2D eigenvalue weighted by Gasteiger charge is -2.07. The normalized spacial score (nSPS) is 8.84. The van der Waals surface area contributed by atoms with Crippen LogP contribution in [-0.2, 0) is 23.5 Å². The molecule has 158 valence electrons. The van der Waals surface area contributed by atoms with E-state index in [4.69, 9.17) is 52.8 Å². The van der Waals surface area contributed by atoms with Gasteiger partial charge in [-0.25, -0.2) is 0 Å². The van der Waals surface area contributed by atoms with Gasteiger partial charge in [0.25, 0.3) is 0 Å². The molecule has 31 heavy (non-hydrogen) atoms. The molecule has 2 aromatic rings. The molecule has 0 saturated carbocycles. The lowest BCUT2D eigenvalue weighted by Crippen LogP contribution is -1.93. The molecule has 0 spiro atoms. The van der Waals surface area contributed by atoms with Gasteiger partial charge in [-0.15, -0.1) is 52.8 Å². The maximum Gasteiger partial charge on any atom is 0.0486 e. The van der Waals surface area contributed by atoms with Crippen LogP contribution in [0.2, 0.25) is 0 Å². The van der Waals surface area contributed by atoms with Crippen LogP contribution in [0, 0.1) is 68.6 Å². The van der Waals surface area contributed by atoms with E-state index in [2.05, 4.69) is 67.4 Å². The van der Waals surface area contributed by atoms with Gasteiger partial charge in [-0.3, -0.25) is 0 Å². The zero-order valence-electron chi connectivity index (χ0n) is 17.7. The highest BCUT2D eigenvalue weighted by atomic mass is 35.5. The van der Waals surface area contributed by atoms with Crippen LogP contribution in [0.25, 0.3) is 0 Å². The van der Waals surface area contributed by atoms with Gasteiger partial charge in [0, 0.05) is 29.1 Å². The van der Waals surface area contributed by atoms with Crippen molar-refractivity contribution in [2.45, 2.75) is 44.3 Å². The van der Waals surface area contributed by atoms with Crippen molar-refractivity contribution in [1.82, 2.24) is 0 Å². The van der Waals surface area contributed by atoms with Crippen LogP contribution < -0.4 is 0 Å². The molecule has 0 aliphatic carbocycles. The number of hydrogen-bond donors (Lipinski definition) is 0. The van der Waals surface area contributed by atoms with Gasteiger partial charge in [0.2, 0.25) is 0 Å². The first-order chi connectivity index (χ1) is 14.9. The van der Waals surface area contributed by atoms with Crippen LogP contribution in [0.15, 0.2) is 24.3 Å². The predicted molar refractivity (Wildman–Crippen MR) is 137 cm³/mol. The summed E-state index contributed by atoms with van der Waals surface area (Å²) in [5.74, 6) is 19.9. The third-order valence-corrected chi connectivity index (χ3v) is 5.60. The summed E-state index contributed by atoms with van der Waals surface area (Å²) in [5, 5.41) is 0. The summed E-state index contributed by atoms with van der Waals surface area (Å²) in [6.07, 6.45) is 4.96. The van der Waals surface area contributed by atoms with E-state index in [9.17, 15) is 0 Å². The molecule has 0 atom stereocenters. The number of rotatable bonds is 4. The van der Waals surface area contributed by atoms with E-state index in [0.717, 1.165) is 22.3 Å². The molecule has 0 radical (unpaired) electrons. The summed E-state index contributed by atoms with van der Waals surface area (Å²) in [7, 11) is 0. The second-order valence-corrected chi connectivity index (χ2v) is 7.64. The molecule has 0 saturated heterocycles. The molecule has 0 heterocycles. The summed E-state index contributed by atoms with van der Waals surface area (Å²) in [4.78, 5) is 0. The van der Waals surface area contributed by atoms with Crippen LogP contribution in [0.4, 0.5) is 0 Å². The Morgan fingerprint density at radius 1 is 0.581 bits per heavy atom. The fraction of sp³-hybridized carbons (Fsp3) is 0.259. The maximum atomic E-state index is 5.90. The smallest absolute Gasteiger partial charge is 0.0486 e. The first-order valence-corrected chi connectivity index (χ1v) is 11.5. The lowest BCUT2D eigenvalue weighted by molar-refractivity contribution is 1.21. The molecule has 4 heteroatoms. The zero-order valence-corrected chi connectivity index (χ0v) is 20.8. The Morgan fingerprint density at radius 2 is 0.968 bits per heavy atom. The standard InChI is InChI=1S/C17H10Cl2.C10H12Cl2/c1-3-4-5-6-7-8-9-15-11-16(12-18)14(2)10-17(15)13-19;1-7-3-10(6-12)8(2)4-9(7)5-11/h1,10-11H,12-13H2,2H3;3-4H,5-6H2,1-2H3. The highest BCUT2D eigenvalue weighted by molar-refractivity contribution is 6.18. The summed E-state index contributed by atoms with van der Waals surface area (Å²) in [5.41, 5.74) is 8.82. The molecule has 0 bridgehead atoms. The van der Waals surface area contributed by atoms with Gasteiger partial charge in [0.05, 0.1) is 0 Å². The molecule has 0 unspecified atom stereocenters. The fourth-order valence-corrected chi connectivity index (χ4v) is 3.72. The predicted octanol–water partition coefficient (Wildman–Crippen LogP) is 7.25. The number of alkyl halides is 4. The van der Waals surface area contributed by atoms with Crippen molar-refractivity contribution in [3.05, 3.63) is 68.8 Å². The molecule has 0 aliphatic rings. The fourth-order valence-electron chi connectivity index (χ4n) is 2.64. The summed E-state index contributed by atoms with van der Waals surface area (Å²) < 4.78 is 0. The van der Waals surface area contributed by atoms with E-state index in [1.54, 1.807) is 0 Å². The molecule has 0 fully saturated rings. The molecule has 2 aromatic carbocycles. The van der Waals surface area contributed by atoms with Crippen LogP contribution in [0.5, 0.6) is 0 Å². The maximum absolute atomic E-state index is 5.90. The number of halogens is 4. The Bertz CT molecular complexity index is 1100. The van der Waals surface area contributed by atoms with Gasteiger partial charge < -0.3 is 0 Å². The second-order valence-electron chi connectivity index (χ2n) is 6.57. The Balaban J connectivity index is 0.000000343. The number of aryl methyl sites for hydroxylation is 3. The number of hydrogen-bond acceptors (Lipinski definition) is 0. The highest BCUT2D eigenvalue weighted by Gasteiger charge is 2.04. The summed E-state index contributed by atoms with van der Waals surface area (Å²) >= 11 is 23.3. The third-order valence-electron chi connectivity index (χ3n) is 4.45. The number of benzene rings is 2. The van der Waals surface area contributed by atoms with Gasteiger partial charge in [0.15, 0.2) is 0 Å². The molecule has 0 amide bonds. The minimum Gasteiger partial charge on any atom is -0.122 e. The van der Waals surface area contributed by atoms with Crippen LogP contribution >= 0.6 is 46.4 Å². The van der Waals surface area contributed by atoms with Crippen molar-refractivity contribution >= 4 is 46.4 Å². The largest absolute Gasteiger partial charge is 0.122 e. The quantitative estimate of drug-likeness (QED) is 0.314. The van der Waals surface area contributed by atoms with E-state index in [1.807, 2.05) is 19.1 Å². The Labute approximate surface area is 206 Å². The van der Waals surface area contributed by atoms with Crippen molar-refractivity contribution in [1.29, 1.82) is 0 Å². The molecular formula is C27H22Cl4. The molecule has 0 aromatic heterocycles. The summed E-state index contributed by atoms with van der Waals surface area (Å²) in [6, 6.07) is 8.17. The lowest BCUT2D eigenvalue weighted by atomic mass is 10.0. The monoisotopic (exact) mass is 486 g/mol. The first-order valence-electron chi connectivity index (χ1n) is 9.33. The molecular weight excluding hydrogens is 466 g/mol. The van der Waals surface area contributed by atoms with Crippen molar-refractivity contribution in [2.75, 3.05) is 0 Å². The zero-order chi connectivity index (χ0) is 23.2. The van der Waals surface area contributed by atoms with Crippen LogP contribution in [0.1, 0.15) is 44.5 Å². The van der Waals surface area contributed by atoms with E-state index in [0.29, 0.717) is 23.5 Å². The molecule has 0 N–H and O–H groups in total. The van der Waals surface area contributed by atoms with Crippen molar-refractivity contribution < 1.29 is 0 Å². The van der Waals surface area contributed by atoms with Gasteiger partial charge in [0.1, 0.15) is 0 Å². The molecule has 2 rings (SSSR count). The van der Waals surface area contributed by atoms with Gasteiger partial charge >= 0.3 is 0 Å². The minimum atomic E-state index is 0.401. The van der Waals surface area contributed by atoms with E-state index in [1.165, 1.54) is 22.3 Å². The van der Waals surface area contributed by atoms with Gasteiger partial charge in [-0.1, -0.05) is 24.1 Å². The average molecular weight is 488 g/mol. The molecule has 0 aliphatic heterocycles. The highest BCUT2D eigenvalue weighted by Crippen LogP contribution is 2.20. The Hall–Kier alpha value is -2.16. The minimum absolute atomic E-state index is 0.401. The summed E-state index contributed by atoms with van der Waals surface area (Å²) in [6.45, 7) is 6.13. The Morgan fingerprint density at radius 3 is 1.42 bits per heavy atom. The average Bonchev–Trinajstić information content (AvgIpc) is 2.78. The van der Waals surface area contributed by atoms with Gasteiger partial charge in [-0.2, -0.15) is 0 Å². The second kappa shape index (κ2) is 14.8. The first kappa shape index (κ1) is 26.9. The van der Waals surface area contributed by atoms with Crippen LogP contribution in [0.3, 0.4) is 0 Å². The van der Waals surface area contributed by atoms with E-state index < -0.39 is 0 Å². The van der Waals surface area contributed by atoms with Crippen molar-refractivity contribution in [3.8, 4) is 47.9 Å². The Kier molecular flexibility index (Phi) is 12.8. The van der Waals surface area contributed by atoms with Crippen molar-refractivity contribution in [2.24, 2.45) is 0 Å². The van der Waals surface area contributed by atoms with E-state index >= 15 is 0 Å². The topological polar surface area (TPSA) is 0 Å².